The summed E-state index contributed by atoms with van der Waals surface area (Å²) in [5, 5.41) is 56.1. The number of aromatic carboxylic acids is 2. The van der Waals surface area contributed by atoms with Crippen LogP contribution < -0.4 is 47.2 Å². The van der Waals surface area contributed by atoms with Crippen LogP contribution in [0, 0.1) is 0 Å². The normalized spacial score (nSPS) is 14.5. The van der Waals surface area contributed by atoms with E-state index in [-0.39, 0.29) is 58.3 Å². The van der Waals surface area contributed by atoms with Gasteiger partial charge in [0.15, 0.2) is 21.1 Å². The van der Waals surface area contributed by atoms with E-state index in [4.69, 9.17) is 20.3 Å². The molecule has 10 rings (SSSR count). The Morgan fingerprint density at radius 2 is 1.02 bits per heavy atom. The molecular weight excluding hydrogens is 1240 g/mol. The third-order valence-corrected chi connectivity index (χ3v) is 16.9. The molecule has 2 atom stereocenters. The first-order valence-electron chi connectivity index (χ1n) is 25.3. The number of amides is 2. The minimum absolute atomic E-state index is 0. The first-order chi connectivity index (χ1) is 40.2. The van der Waals surface area contributed by atoms with Crippen molar-refractivity contribution in [3.63, 3.8) is 0 Å². The van der Waals surface area contributed by atoms with Gasteiger partial charge in [0.1, 0.15) is 32.1 Å². The number of nitrogens with zero attached hydrogens (tertiary/aromatic N) is 6. The van der Waals surface area contributed by atoms with Crippen LogP contribution in [0.3, 0.4) is 0 Å². The molecule has 448 valence electrons. The van der Waals surface area contributed by atoms with Gasteiger partial charge in [-0.15, -0.1) is 80.4 Å². The van der Waals surface area contributed by atoms with Crippen molar-refractivity contribution in [3.8, 4) is 0 Å². The van der Waals surface area contributed by atoms with E-state index in [2.05, 4.69) is 61.1 Å². The number of nitrogens with two attached hydrogens (primary N) is 1. The summed E-state index contributed by atoms with van der Waals surface area (Å²) in [5.74, 6) is -3.65. The Labute approximate surface area is 516 Å². The number of aliphatic imine (C=N–C) groups is 1. The highest BCUT2D eigenvalue weighted by atomic mass is 35.5. The zero-order chi connectivity index (χ0) is 60.1. The minimum Gasteiger partial charge on any atom is -0.595 e. The summed E-state index contributed by atoms with van der Waals surface area (Å²) in [6, 6.07) is 20.2. The summed E-state index contributed by atoms with van der Waals surface area (Å²) in [4.78, 5) is 93.0. The lowest BCUT2D eigenvalue weighted by molar-refractivity contribution is -0.260. The fourth-order valence-electron chi connectivity index (χ4n) is 8.13. The molecule has 2 aliphatic rings. The number of carbonyl (C=O) groups is 6. The van der Waals surface area contributed by atoms with E-state index in [0.717, 1.165) is 53.6 Å². The Morgan fingerprint density at radius 3 is 1.45 bits per heavy atom. The number of anilines is 10. The molecule has 0 bridgehead atoms. The van der Waals surface area contributed by atoms with Crippen molar-refractivity contribution in [2.75, 3.05) is 76.8 Å². The van der Waals surface area contributed by atoms with E-state index in [0.29, 0.717) is 73.1 Å². The largest absolute Gasteiger partial charge is 0.595 e. The van der Waals surface area contributed by atoms with E-state index >= 15 is 0 Å². The maximum absolute atomic E-state index is 13.0. The number of carboxylic acid groups (broad SMARTS) is 2. The zero-order valence-electron chi connectivity index (χ0n) is 45.8. The van der Waals surface area contributed by atoms with Crippen LogP contribution in [0.5, 0.6) is 0 Å². The number of hydrogen-bond donors (Lipinski definition) is 8. The number of esters is 2. The molecule has 0 aliphatic carbocycles. The molecule has 6 aromatic heterocycles. The quantitative estimate of drug-likeness (QED) is 0.0239. The van der Waals surface area contributed by atoms with E-state index in [1.807, 2.05) is 69.3 Å². The van der Waals surface area contributed by atoms with Crippen molar-refractivity contribution < 1.29 is 58.3 Å². The lowest BCUT2D eigenvalue weighted by Gasteiger charge is -2.30. The number of nitrogens with one attached hydrogen (secondary N) is 5. The van der Waals surface area contributed by atoms with E-state index in [1.165, 1.54) is 64.9 Å². The number of benzene rings is 2. The van der Waals surface area contributed by atoms with Gasteiger partial charge >= 0.3 is 23.9 Å². The maximum atomic E-state index is 13.0. The maximum Gasteiger partial charge on any atom is 0.355 e. The number of aromatic nitrogens is 3. The molecule has 0 radical (unpaired) electrons. The van der Waals surface area contributed by atoms with Crippen LogP contribution in [-0.4, -0.2) is 125 Å². The Bertz CT molecular complexity index is 3660. The van der Waals surface area contributed by atoms with Gasteiger partial charge in [-0.25, -0.2) is 34.1 Å². The second kappa shape index (κ2) is 29.5. The lowest BCUT2D eigenvalue weighted by atomic mass is 10.2. The highest BCUT2D eigenvalue weighted by Gasteiger charge is 2.27. The van der Waals surface area contributed by atoms with Gasteiger partial charge < -0.3 is 71.6 Å². The van der Waals surface area contributed by atoms with Crippen molar-refractivity contribution in [1.82, 2.24) is 15.0 Å². The van der Waals surface area contributed by atoms with Crippen molar-refractivity contribution >= 4 is 177 Å². The van der Waals surface area contributed by atoms with Crippen molar-refractivity contribution in [3.05, 3.63) is 131 Å². The molecule has 2 fully saturated rings. The monoisotopic (exact) mass is 1290 g/mol. The molecule has 8 aromatic rings. The number of carbonyl (C=O) groups excluding carboxylic acids is 4. The minimum atomic E-state index is -1.09. The zero-order valence-corrected chi connectivity index (χ0v) is 51.5. The van der Waals surface area contributed by atoms with Crippen LogP contribution in [0.25, 0.3) is 0 Å². The topological polar surface area (TPSA) is 337 Å². The highest BCUT2D eigenvalue weighted by molar-refractivity contribution is 7.15. The number of ether oxygens (including phenoxy) is 3. The van der Waals surface area contributed by atoms with E-state index in [9.17, 15) is 39.0 Å². The number of methoxy groups -OCH3 is 2. The first kappa shape index (κ1) is 64.3. The molecule has 24 nitrogen and oxygen atoms in total. The summed E-state index contributed by atoms with van der Waals surface area (Å²) in [7, 11) is 2.63. The lowest BCUT2D eigenvalue weighted by Crippen LogP contribution is -2.33. The fourth-order valence-corrected chi connectivity index (χ4v) is 12.4. The summed E-state index contributed by atoms with van der Waals surface area (Å²) in [6.45, 7) is 8.27. The summed E-state index contributed by atoms with van der Waals surface area (Å²) in [6.07, 6.45) is 1.07. The van der Waals surface area contributed by atoms with Gasteiger partial charge in [-0.05, 0) is 71.4 Å². The fraction of sp³-hybridized carbons (Fsp3) is 0.259. The van der Waals surface area contributed by atoms with E-state index < -0.39 is 35.6 Å². The number of halogens is 1. The SMILES string of the molecule is COC(=O)c1sccc1Nc1nc(C(=O)Nc2ccccc2N2CC[C@@H](N=C([O-])OC(C)(C)C)C2)cs1.COC(=O)c1sccc1Nc1nc(C(=O)O)cs1.Cl.N[C@@H]1CCN(c2ccccc2NC(=O)c2csc(Nc3ccsc3C(=O)O)n2)C1. The molecule has 2 amide bonds. The molecular formula is C54H56ClN12O12S6-. The number of carboxylic acids is 2. The van der Waals surface area contributed by atoms with Crippen LogP contribution in [0.2, 0.25) is 0 Å². The van der Waals surface area contributed by atoms with Crippen molar-refractivity contribution in [2.45, 2.75) is 51.3 Å². The molecule has 0 unspecified atom stereocenters. The van der Waals surface area contributed by atoms with Crippen molar-refractivity contribution in [2.24, 2.45) is 10.7 Å². The van der Waals surface area contributed by atoms with Crippen LogP contribution in [0.4, 0.5) is 55.2 Å². The molecule has 2 aromatic carbocycles. The standard InChI is InChI=1S/C25H29N5O5S2.C19H19N5O3S2.C10H8N2O4S2.ClH/c1-25(2,3)35-24(33)26-15-9-11-30(13-15)19-8-6-5-7-16(19)27-21(31)18-14-37-23(29-18)28-17-10-12-36-20(17)22(32)34-4;20-11-5-7-24(9-11)15-4-2-1-3-12(15)21-17(25)14-10-29-19(23-14)22-13-6-8-28-16(13)18(26)27;1-16-9(15)7-5(2-3-17-7)11-10-12-6(4-18-10)8(13)14;/h5-8,10,12,14-15H,9,11,13H2,1-4H3,(H,26,33)(H,27,31)(H,28,29);1-4,6,8,10-11H,5,7,9,20H2,(H,21,25)(H,22,23)(H,26,27);2-4H,1H3,(H,11,12)(H,13,14);1H/p-1/t15-;11-;;/m11../s1. The van der Waals surface area contributed by atoms with Gasteiger partial charge in [0, 0.05) is 54.0 Å². The third kappa shape index (κ3) is 17.4. The molecule has 0 saturated carbocycles. The Kier molecular flexibility index (Phi) is 22.3. The molecule has 85 heavy (non-hydrogen) atoms. The summed E-state index contributed by atoms with van der Waals surface area (Å²) in [5.41, 5.74) is 10.6. The molecule has 0 spiro atoms. The number of thiophene rings is 3. The smallest absolute Gasteiger partial charge is 0.355 e. The summed E-state index contributed by atoms with van der Waals surface area (Å²) >= 11 is 7.27. The number of hydrogen-bond acceptors (Lipinski definition) is 26. The van der Waals surface area contributed by atoms with Crippen LogP contribution in [0.1, 0.15) is 94.1 Å². The Balaban J connectivity index is 0.000000192. The van der Waals surface area contributed by atoms with Gasteiger partial charge in [-0.3, -0.25) is 14.6 Å². The predicted octanol–water partition coefficient (Wildman–Crippen LogP) is 10.4. The van der Waals surface area contributed by atoms with Gasteiger partial charge in [-0.2, -0.15) is 0 Å². The second-order valence-corrected chi connectivity index (χ2v) is 24.3. The number of thiazole rings is 3. The molecule has 8 heterocycles. The molecule has 31 heteroatoms. The van der Waals surface area contributed by atoms with Gasteiger partial charge in [0.2, 0.25) is 0 Å². The predicted molar refractivity (Wildman–Crippen MR) is 335 cm³/mol. The first-order valence-corrected chi connectivity index (χ1v) is 30.6. The second-order valence-electron chi connectivity index (χ2n) is 19.0. The highest BCUT2D eigenvalue weighted by Crippen LogP contribution is 2.34. The Morgan fingerprint density at radius 1 is 0.600 bits per heavy atom. The van der Waals surface area contributed by atoms with E-state index in [1.54, 1.807) is 45.1 Å². The van der Waals surface area contributed by atoms with Crippen LogP contribution in [-0.2, 0) is 14.2 Å². The number of rotatable bonds is 17. The average Bonchev–Trinajstić information content (AvgIpc) is 4.26. The summed E-state index contributed by atoms with van der Waals surface area (Å²) < 4.78 is 14.7. The Hall–Kier alpha value is -8.23. The van der Waals surface area contributed by atoms with Gasteiger partial charge in [-0.1, -0.05) is 45.0 Å². The van der Waals surface area contributed by atoms with Gasteiger partial charge in [0.25, 0.3) is 11.8 Å². The van der Waals surface area contributed by atoms with Crippen molar-refractivity contribution in [1.29, 1.82) is 0 Å². The molecule has 9 N–H and O–H groups in total. The average molecular weight is 1290 g/mol. The molecule has 2 aliphatic heterocycles. The third-order valence-electron chi connectivity index (χ3n) is 11.9. The molecule has 2 saturated heterocycles. The van der Waals surface area contributed by atoms with Crippen LogP contribution >= 0.6 is 80.4 Å². The van der Waals surface area contributed by atoms with Gasteiger partial charge in [0.05, 0.1) is 60.1 Å². The van der Waals surface area contributed by atoms with Crippen LogP contribution in [0.15, 0.2) is 104 Å². The number of para-hydroxylation sites is 4.